The lowest BCUT2D eigenvalue weighted by Gasteiger charge is -1.90. The number of hydrogen-bond donors (Lipinski definition) is 0. The van der Waals surface area contributed by atoms with Gasteiger partial charge in [0.15, 0.2) is 11.0 Å². The quantitative estimate of drug-likeness (QED) is 0.754. The van der Waals surface area contributed by atoms with Crippen LogP contribution in [0.2, 0.25) is 9.56 Å². The maximum absolute atomic E-state index is 11.7. The van der Waals surface area contributed by atoms with Crippen LogP contribution in [0.4, 0.5) is 0 Å². The number of furan rings is 1. The van der Waals surface area contributed by atoms with E-state index < -0.39 is 0 Å². The molecule has 14 heavy (non-hydrogen) atoms. The highest BCUT2D eigenvalue weighted by atomic mass is 35.5. The minimum atomic E-state index is -0.200. The Hall–Kier alpha value is -0.770. The maximum Gasteiger partial charge on any atom is 0.238 e. The summed E-state index contributed by atoms with van der Waals surface area (Å²) in [6, 6.07) is 6.40. The van der Waals surface area contributed by atoms with Crippen molar-refractivity contribution in [2.75, 3.05) is 0 Å². The molecule has 0 fully saturated rings. The molecule has 5 heteroatoms. The van der Waals surface area contributed by atoms with E-state index in [0.29, 0.717) is 9.21 Å². The zero-order valence-corrected chi connectivity index (χ0v) is 9.12. The Kier molecular flexibility index (Phi) is 2.63. The molecule has 0 aliphatic carbocycles. The molecule has 2 rings (SSSR count). The predicted molar refractivity (Wildman–Crippen MR) is 56.5 cm³/mol. The van der Waals surface area contributed by atoms with Crippen LogP contribution in [0.25, 0.3) is 0 Å². The molecule has 0 aliphatic heterocycles. The van der Waals surface area contributed by atoms with Crippen LogP contribution in [0.3, 0.4) is 0 Å². The molecule has 72 valence electrons. The van der Waals surface area contributed by atoms with E-state index in [2.05, 4.69) is 0 Å². The van der Waals surface area contributed by atoms with Crippen LogP contribution in [-0.2, 0) is 0 Å². The number of ketones is 1. The second-order valence-corrected chi connectivity index (χ2v) is 4.62. The standard InChI is InChI=1S/C9H4Cl2O2S/c10-7-3-1-5(13-7)9(12)6-2-4-8(11)14-6/h1-4H. The summed E-state index contributed by atoms with van der Waals surface area (Å²) in [5.41, 5.74) is 0. The van der Waals surface area contributed by atoms with E-state index >= 15 is 0 Å². The van der Waals surface area contributed by atoms with E-state index in [0.717, 1.165) is 0 Å². The van der Waals surface area contributed by atoms with Gasteiger partial charge in [0, 0.05) is 0 Å². The number of rotatable bonds is 2. The molecule has 0 N–H and O–H groups in total. The molecular weight excluding hydrogens is 243 g/mol. The normalized spacial score (nSPS) is 10.4. The van der Waals surface area contributed by atoms with Crippen molar-refractivity contribution < 1.29 is 9.21 Å². The van der Waals surface area contributed by atoms with Crippen molar-refractivity contribution in [3.8, 4) is 0 Å². The number of halogens is 2. The molecule has 0 atom stereocenters. The van der Waals surface area contributed by atoms with Crippen LogP contribution in [0.15, 0.2) is 28.7 Å². The molecule has 0 saturated carbocycles. The molecule has 0 saturated heterocycles. The largest absolute Gasteiger partial charge is 0.441 e. The highest BCUT2D eigenvalue weighted by molar-refractivity contribution is 7.18. The van der Waals surface area contributed by atoms with Gasteiger partial charge in [-0.2, -0.15) is 0 Å². The Balaban J connectivity index is 2.33. The predicted octanol–water partition coefficient (Wildman–Crippen LogP) is 3.88. The third-order valence-electron chi connectivity index (χ3n) is 1.59. The third kappa shape index (κ3) is 1.85. The molecule has 2 nitrogen and oxygen atoms in total. The van der Waals surface area contributed by atoms with Gasteiger partial charge in [0.1, 0.15) is 0 Å². The second kappa shape index (κ2) is 3.77. The zero-order chi connectivity index (χ0) is 10.1. The Labute approximate surface area is 94.1 Å². The molecule has 0 spiro atoms. The van der Waals surface area contributed by atoms with Gasteiger partial charge in [-0.25, -0.2) is 0 Å². The van der Waals surface area contributed by atoms with Crippen LogP contribution < -0.4 is 0 Å². The summed E-state index contributed by atoms with van der Waals surface area (Å²) in [5.74, 6) is 0.0299. The van der Waals surface area contributed by atoms with Crippen LogP contribution in [0.5, 0.6) is 0 Å². The summed E-state index contributed by atoms with van der Waals surface area (Å²) in [6.07, 6.45) is 0. The van der Waals surface area contributed by atoms with Gasteiger partial charge in [-0.05, 0) is 35.9 Å². The van der Waals surface area contributed by atoms with Gasteiger partial charge in [-0.3, -0.25) is 4.79 Å². The van der Waals surface area contributed by atoms with Crippen LogP contribution in [0.1, 0.15) is 15.4 Å². The van der Waals surface area contributed by atoms with E-state index in [1.807, 2.05) is 0 Å². The smallest absolute Gasteiger partial charge is 0.238 e. The first kappa shape index (κ1) is 9.77. The Morgan fingerprint density at radius 1 is 1.21 bits per heavy atom. The molecule has 0 aliphatic rings. The van der Waals surface area contributed by atoms with Crippen molar-refractivity contribution in [2.45, 2.75) is 0 Å². The molecule has 0 amide bonds. The van der Waals surface area contributed by atoms with Gasteiger partial charge in [0.25, 0.3) is 0 Å². The van der Waals surface area contributed by atoms with Crippen molar-refractivity contribution in [3.63, 3.8) is 0 Å². The van der Waals surface area contributed by atoms with Gasteiger partial charge in [0.05, 0.1) is 9.21 Å². The highest BCUT2D eigenvalue weighted by Gasteiger charge is 2.14. The minimum absolute atomic E-state index is 0.200. The second-order valence-electron chi connectivity index (χ2n) is 2.54. The van der Waals surface area contributed by atoms with E-state index in [-0.39, 0.29) is 16.8 Å². The molecular formula is C9H4Cl2O2S. The van der Waals surface area contributed by atoms with Crippen molar-refractivity contribution in [2.24, 2.45) is 0 Å². The molecule has 0 bridgehead atoms. The summed E-state index contributed by atoms with van der Waals surface area (Å²) in [4.78, 5) is 12.2. The van der Waals surface area contributed by atoms with Crippen molar-refractivity contribution in [1.82, 2.24) is 0 Å². The number of hydrogen-bond acceptors (Lipinski definition) is 3. The van der Waals surface area contributed by atoms with E-state index in [1.165, 1.54) is 23.5 Å². The van der Waals surface area contributed by atoms with Gasteiger partial charge in [-0.15, -0.1) is 11.3 Å². The topological polar surface area (TPSA) is 30.2 Å². The molecule has 0 unspecified atom stereocenters. The van der Waals surface area contributed by atoms with Crippen LogP contribution in [0, 0.1) is 0 Å². The van der Waals surface area contributed by atoms with Gasteiger partial charge < -0.3 is 4.42 Å². The fourth-order valence-electron chi connectivity index (χ4n) is 0.994. The van der Waals surface area contributed by atoms with E-state index in [4.69, 9.17) is 27.6 Å². The molecule has 0 aromatic carbocycles. The van der Waals surface area contributed by atoms with Crippen molar-refractivity contribution in [1.29, 1.82) is 0 Å². The fourth-order valence-corrected chi connectivity index (χ4v) is 2.13. The van der Waals surface area contributed by atoms with E-state index in [1.54, 1.807) is 12.1 Å². The average Bonchev–Trinajstić information content (AvgIpc) is 2.73. The SMILES string of the molecule is O=C(c1ccc(Cl)o1)c1ccc(Cl)s1. The molecule has 2 aromatic heterocycles. The summed E-state index contributed by atoms with van der Waals surface area (Å²) in [7, 11) is 0. The lowest BCUT2D eigenvalue weighted by atomic mass is 10.2. The third-order valence-corrected chi connectivity index (χ3v) is 3.03. The van der Waals surface area contributed by atoms with Crippen molar-refractivity contribution >= 4 is 40.3 Å². The Morgan fingerprint density at radius 2 is 2.00 bits per heavy atom. The Bertz CT molecular complexity index is 430. The monoisotopic (exact) mass is 246 g/mol. The number of carbonyl (C=O) groups excluding carboxylic acids is 1. The van der Waals surface area contributed by atoms with Crippen LogP contribution >= 0.6 is 34.5 Å². The first-order valence-corrected chi connectivity index (χ1v) is 5.29. The summed E-state index contributed by atoms with van der Waals surface area (Å²) >= 11 is 12.5. The maximum atomic E-state index is 11.7. The summed E-state index contributed by atoms with van der Waals surface area (Å²) < 4.78 is 5.56. The van der Waals surface area contributed by atoms with Crippen molar-refractivity contribution in [3.05, 3.63) is 44.5 Å². The molecule has 2 aromatic rings. The van der Waals surface area contributed by atoms with Gasteiger partial charge in [-0.1, -0.05) is 11.6 Å². The Morgan fingerprint density at radius 3 is 2.50 bits per heavy atom. The highest BCUT2D eigenvalue weighted by Crippen LogP contribution is 2.25. The van der Waals surface area contributed by atoms with Crippen LogP contribution in [-0.4, -0.2) is 5.78 Å². The number of thiophene rings is 1. The average molecular weight is 247 g/mol. The zero-order valence-electron chi connectivity index (χ0n) is 6.79. The first-order valence-electron chi connectivity index (χ1n) is 3.72. The van der Waals surface area contributed by atoms with Gasteiger partial charge in [0.2, 0.25) is 5.78 Å². The first-order chi connectivity index (χ1) is 6.66. The lowest BCUT2D eigenvalue weighted by Crippen LogP contribution is -1.95. The summed E-state index contributed by atoms with van der Waals surface area (Å²) in [6.45, 7) is 0. The fraction of sp³-hybridized carbons (Fsp3) is 0. The molecule has 2 heterocycles. The lowest BCUT2D eigenvalue weighted by molar-refractivity contribution is 0.101. The van der Waals surface area contributed by atoms with E-state index in [9.17, 15) is 4.79 Å². The minimum Gasteiger partial charge on any atom is -0.441 e. The summed E-state index contributed by atoms with van der Waals surface area (Å²) in [5, 5.41) is 0.205. The molecule has 0 radical (unpaired) electrons. The number of carbonyl (C=O) groups is 1. The van der Waals surface area contributed by atoms with Gasteiger partial charge >= 0.3 is 0 Å².